The molecular weight excluding hydrogens is 334 g/mol. The Balaban J connectivity index is 1.89. The van der Waals surface area contributed by atoms with Crippen LogP contribution in [0.15, 0.2) is 39.7 Å². The van der Waals surface area contributed by atoms with Gasteiger partial charge in [0.25, 0.3) is 5.91 Å². The molecule has 23 heavy (non-hydrogen) atoms. The Bertz CT molecular complexity index is 810. The van der Waals surface area contributed by atoms with Gasteiger partial charge in [0.1, 0.15) is 15.8 Å². The van der Waals surface area contributed by atoms with Gasteiger partial charge < -0.3 is 19.2 Å². The van der Waals surface area contributed by atoms with Crippen molar-refractivity contribution in [3.8, 4) is 22.8 Å². The summed E-state index contributed by atoms with van der Waals surface area (Å²) in [6, 6.07) is 9.16. The van der Waals surface area contributed by atoms with Crippen LogP contribution in [0.4, 0.5) is 0 Å². The molecule has 1 fully saturated rings. The van der Waals surface area contributed by atoms with Gasteiger partial charge in [-0.1, -0.05) is 24.0 Å². The second-order valence-electron chi connectivity index (χ2n) is 4.62. The minimum absolute atomic E-state index is 0.205. The molecule has 0 aliphatic carbocycles. The number of furan rings is 1. The van der Waals surface area contributed by atoms with Crippen LogP contribution in [0.3, 0.4) is 0 Å². The van der Waals surface area contributed by atoms with Gasteiger partial charge in [-0.3, -0.25) is 4.79 Å². The summed E-state index contributed by atoms with van der Waals surface area (Å²) in [6.07, 6.45) is 1.67. The highest BCUT2D eigenvalue weighted by Crippen LogP contribution is 2.34. The topological polar surface area (TPSA) is 60.7 Å². The fourth-order valence-electron chi connectivity index (χ4n) is 2.13. The molecule has 0 atom stereocenters. The maximum Gasteiger partial charge on any atom is 0.263 e. The first kappa shape index (κ1) is 15.6. The molecule has 1 N–H and O–H groups in total. The Labute approximate surface area is 142 Å². The van der Waals surface area contributed by atoms with Gasteiger partial charge in [-0.05, 0) is 30.3 Å². The van der Waals surface area contributed by atoms with Gasteiger partial charge in [0.2, 0.25) is 0 Å². The van der Waals surface area contributed by atoms with Crippen LogP contribution < -0.4 is 14.8 Å². The van der Waals surface area contributed by atoms with Gasteiger partial charge in [-0.25, -0.2) is 0 Å². The molecular formula is C16H13NO4S2. The molecule has 7 heteroatoms. The monoisotopic (exact) mass is 347 g/mol. The van der Waals surface area contributed by atoms with Gasteiger partial charge in [-0.15, -0.1) is 0 Å². The summed E-state index contributed by atoms with van der Waals surface area (Å²) in [5.41, 5.74) is 0.853. The minimum atomic E-state index is -0.205. The number of hydrogen-bond donors (Lipinski definition) is 1. The summed E-state index contributed by atoms with van der Waals surface area (Å²) in [5, 5.41) is 2.57. The van der Waals surface area contributed by atoms with E-state index in [1.807, 2.05) is 24.3 Å². The van der Waals surface area contributed by atoms with E-state index in [2.05, 4.69) is 5.32 Å². The Morgan fingerprint density at radius 3 is 2.61 bits per heavy atom. The highest BCUT2D eigenvalue weighted by molar-refractivity contribution is 8.26. The molecule has 1 aliphatic heterocycles. The number of carbonyl (C=O) groups excluding carboxylic acids is 1. The number of nitrogens with one attached hydrogen (secondary N) is 1. The second kappa shape index (κ2) is 6.47. The first-order chi connectivity index (χ1) is 11.1. The quantitative estimate of drug-likeness (QED) is 0.675. The Kier molecular flexibility index (Phi) is 4.40. The van der Waals surface area contributed by atoms with Crippen LogP contribution in [0.1, 0.15) is 5.76 Å². The van der Waals surface area contributed by atoms with Gasteiger partial charge in [0, 0.05) is 11.6 Å². The molecule has 1 saturated heterocycles. The summed E-state index contributed by atoms with van der Waals surface area (Å²) in [5.74, 6) is 2.32. The minimum Gasteiger partial charge on any atom is -0.493 e. The summed E-state index contributed by atoms with van der Waals surface area (Å²) >= 11 is 6.18. The lowest BCUT2D eigenvalue weighted by atomic mass is 10.1. The van der Waals surface area contributed by atoms with Crippen molar-refractivity contribution in [3.05, 3.63) is 41.0 Å². The van der Waals surface area contributed by atoms with Crippen molar-refractivity contribution >= 4 is 40.3 Å². The Morgan fingerprint density at radius 2 is 1.96 bits per heavy atom. The summed E-state index contributed by atoms with van der Waals surface area (Å²) < 4.78 is 16.7. The number of ether oxygens (including phenoxy) is 2. The van der Waals surface area contributed by atoms with Crippen LogP contribution in [0.2, 0.25) is 0 Å². The molecule has 3 rings (SSSR count). The number of thiocarbonyl (C=S) groups is 1. The highest BCUT2D eigenvalue weighted by Gasteiger charge is 2.22. The summed E-state index contributed by atoms with van der Waals surface area (Å²) in [4.78, 5) is 12.2. The zero-order valence-electron chi connectivity index (χ0n) is 12.4. The summed E-state index contributed by atoms with van der Waals surface area (Å²) in [6.45, 7) is 0. The Morgan fingerprint density at radius 1 is 1.17 bits per heavy atom. The van der Waals surface area contributed by atoms with Gasteiger partial charge in [0.15, 0.2) is 11.5 Å². The fraction of sp³-hybridized carbons (Fsp3) is 0.125. The zero-order valence-corrected chi connectivity index (χ0v) is 14.0. The molecule has 1 aromatic carbocycles. The largest absolute Gasteiger partial charge is 0.493 e. The lowest BCUT2D eigenvalue weighted by Crippen LogP contribution is -2.17. The third kappa shape index (κ3) is 3.25. The molecule has 0 radical (unpaired) electrons. The second-order valence-corrected chi connectivity index (χ2v) is 6.34. The van der Waals surface area contributed by atoms with Crippen molar-refractivity contribution in [3.63, 3.8) is 0 Å². The molecule has 0 spiro atoms. The van der Waals surface area contributed by atoms with E-state index in [0.717, 1.165) is 5.56 Å². The van der Waals surface area contributed by atoms with E-state index in [1.165, 1.54) is 11.8 Å². The normalized spacial score (nSPS) is 15.8. The zero-order chi connectivity index (χ0) is 16.4. The van der Waals surface area contributed by atoms with Crippen molar-refractivity contribution in [2.45, 2.75) is 0 Å². The van der Waals surface area contributed by atoms with Crippen molar-refractivity contribution in [2.24, 2.45) is 0 Å². The average molecular weight is 347 g/mol. The number of benzene rings is 1. The molecule has 2 aromatic rings. The van der Waals surface area contributed by atoms with E-state index in [9.17, 15) is 4.79 Å². The van der Waals surface area contributed by atoms with E-state index in [-0.39, 0.29) is 5.91 Å². The van der Waals surface area contributed by atoms with Crippen molar-refractivity contribution < 1.29 is 18.7 Å². The maximum absolute atomic E-state index is 11.7. The van der Waals surface area contributed by atoms with Crippen LogP contribution in [0.25, 0.3) is 17.4 Å². The van der Waals surface area contributed by atoms with Crippen LogP contribution in [-0.4, -0.2) is 24.4 Å². The lowest BCUT2D eigenvalue weighted by Gasteiger charge is -2.08. The van der Waals surface area contributed by atoms with Gasteiger partial charge in [0.05, 0.1) is 19.1 Å². The smallest absolute Gasteiger partial charge is 0.263 e. The predicted molar refractivity (Wildman–Crippen MR) is 93.6 cm³/mol. The van der Waals surface area contributed by atoms with E-state index in [1.54, 1.807) is 26.4 Å². The van der Waals surface area contributed by atoms with Gasteiger partial charge >= 0.3 is 0 Å². The molecule has 1 aliphatic rings. The van der Waals surface area contributed by atoms with Crippen molar-refractivity contribution in [1.82, 2.24) is 5.32 Å². The third-order valence-electron chi connectivity index (χ3n) is 3.21. The number of methoxy groups -OCH3 is 2. The number of hydrogen-bond acceptors (Lipinski definition) is 6. The maximum atomic E-state index is 11.7. The Hall–Kier alpha value is -2.25. The van der Waals surface area contributed by atoms with Gasteiger partial charge in [-0.2, -0.15) is 0 Å². The molecule has 0 bridgehead atoms. The van der Waals surface area contributed by atoms with Crippen molar-refractivity contribution in [1.29, 1.82) is 0 Å². The van der Waals surface area contributed by atoms with E-state index in [4.69, 9.17) is 26.1 Å². The first-order valence-corrected chi connectivity index (χ1v) is 7.90. The standard InChI is InChI=1S/C16H13NO4S2/c1-19-12-5-3-9(7-13(12)20-2)11-6-4-10(21-11)8-14-15(18)17-16(22)23-14/h3-8H,1-2H3,(H,17,18,22)/b14-8+. The molecule has 0 saturated carbocycles. The fourth-order valence-corrected chi connectivity index (χ4v) is 3.15. The predicted octanol–water partition coefficient (Wildman–Crippen LogP) is 3.45. The van der Waals surface area contributed by atoms with Crippen LogP contribution in [0.5, 0.6) is 11.5 Å². The van der Waals surface area contributed by atoms with Crippen LogP contribution >= 0.6 is 24.0 Å². The van der Waals surface area contributed by atoms with E-state index < -0.39 is 0 Å². The lowest BCUT2D eigenvalue weighted by molar-refractivity contribution is -0.115. The molecule has 1 aromatic heterocycles. The number of carbonyl (C=O) groups is 1. The number of thioether (sulfide) groups is 1. The van der Waals surface area contributed by atoms with E-state index in [0.29, 0.717) is 32.2 Å². The average Bonchev–Trinajstić information content (AvgIpc) is 3.13. The SMILES string of the molecule is COc1ccc(-c2ccc(/C=C3/SC(=S)NC3=O)o2)cc1OC. The number of rotatable bonds is 4. The molecule has 1 amide bonds. The van der Waals surface area contributed by atoms with Crippen LogP contribution in [-0.2, 0) is 4.79 Å². The van der Waals surface area contributed by atoms with E-state index >= 15 is 0 Å². The first-order valence-electron chi connectivity index (χ1n) is 6.68. The van der Waals surface area contributed by atoms with Crippen LogP contribution in [0, 0.1) is 0 Å². The third-order valence-corrected chi connectivity index (χ3v) is 4.37. The molecule has 118 valence electrons. The van der Waals surface area contributed by atoms with Crippen molar-refractivity contribution in [2.75, 3.05) is 14.2 Å². The number of amides is 1. The molecule has 0 unspecified atom stereocenters. The molecule has 2 heterocycles. The molecule has 5 nitrogen and oxygen atoms in total. The summed E-state index contributed by atoms with van der Waals surface area (Å²) in [7, 11) is 3.17. The highest BCUT2D eigenvalue weighted by atomic mass is 32.2.